The van der Waals surface area contributed by atoms with Crippen LogP contribution in [0.15, 0.2) is 71.2 Å². The summed E-state index contributed by atoms with van der Waals surface area (Å²) in [5, 5.41) is 6.61. The maximum absolute atomic E-state index is 13.8. The molecule has 0 unspecified atom stereocenters. The molecule has 10 heteroatoms. The zero-order valence-corrected chi connectivity index (χ0v) is 18.9. The summed E-state index contributed by atoms with van der Waals surface area (Å²) in [5.41, 5.74) is -0.720. The molecule has 0 aliphatic rings. The minimum atomic E-state index is -4.71. The highest BCUT2D eigenvalue weighted by Gasteiger charge is 2.36. The molecule has 0 aliphatic heterocycles. The molecule has 1 N–H and O–H groups in total. The van der Waals surface area contributed by atoms with Crippen LogP contribution in [0, 0.1) is 0 Å². The second kappa shape index (κ2) is 9.22. The third kappa shape index (κ3) is 5.00. The number of rotatable bonds is 6. The lowest BCUT2D eigenvalue weighted by molar-refractivity contribution is -0.142. The number of halogens is 4. The second-order valence-electron chi connectivity index (χ2n) is 7.29. The van der Waals surface area contributed by atoms with E-state index in [-0.39, 0.29) is 28.1 Å². The van der Waals surface area contributed by atoms with Gasteiger partial charge in [-0.1, -0.05) is 48.5 Å². The van der Waals surface area contributed by atoms with Gasteiger partial charge in [0.1, 0.15) is 12.4 Å². The molecule has 0 bridgehead atoms. The van der Waals surface area contributed by atoms with Gasteiger partial charge in [-0.25, -0.2) is 9.50 Å². The fourth-order valence-electron chi connectivity index (χ4n) is 3.17. The Morgan fingerprint density at radius 3 is 2.39 bits per heavy atom. The quantitative estimate of drug-likeness (QED) is 0.372. The predicted molar refractivity (Wildman–Crippen MR) is 120 cm³/mol. The number of amides is 1. The monoisotopic (exact) mass is 518 g/mol. The van der Waals surface area contributed by atoms with Gasteiger partial charge in [-0.3, -0.25) is 4.79 Å². The second-order valence-corrected chi connectivity index (χ2v) is 8.08. The van der Waals surface area contributed by atoms with Crippen LogP contribution < -0.4 is 10.1 Å². The summed E-state index contributed by atoms with van der Waals surface area (Å²) in [7, 11) is 0. The van der Waals surface area contributed by atoms with E-state index in [4.69, 9.17) is 4.74 Å². The number of alkyl halides is 3. The van der Waals surface area contributed by atoms with Crippen molar-refractivity contribution in [3.63, 3.8) is 0 Å². The van der Waals surface area contributed by atoms with Crippen molar-refractivity contribution in [2.75, 3.05) is 6.61 Å². The average molecular weight is 519 g/mol. The number of ether oxygens (including phenoxy) is 1. The number of carbonyl (C=O) groups is 1. The van der Waals surface area contributed by atoms with Crippen molar-refractivity contribution in [3.05, 3.63) is 82.6 Å². The first-order valence-electron chi connectivity index (χ1n) is 9.94. The van der Waals surface area contributed by atoms with Crippen LogP contribution in [-0.4, -0.2) is 33.2 Å². The Bertz CT molecular complexity index is 1280. The van der Waals surface area contributed by atoms with Crippen molar-refractivity contribution >= 4 is 27.5 Å². The largest absolute Gasteiger partial charge is 0.491 e. The average Bonchev–Trinajstić information content (AvgIpc) is 3.14. The van der Waals surface area contributed by atoms with Gasteiger partial charge in [0.05, 0.1) is 16.2 Å². The summed E-state index contributed by atoms with van der Waals surface area (Å²) in [5.74, 6) is -0.00843. The van der Waals surface area contributed by atoms with E-state index in [2.05, 4.69) is 31.3 Å². The van der Waals surface area contributed by atoms with Crippen molar-refractivity contribution in [2.45, 2.75) is 19.1 Å². The first kappa shape index (κ1) is 22.8. The zero-order chi connectivity index (χ0) is 23.6. The Labute approximate surface area is 195 Å². The number of hydrogen-bond acceptors (Lipinski definition) is 4. The summed E-state index contributed by atoms with van der Waals surface area (Å²) >= 11 is 3.22. The fraction of sp³-hybridized carbons (Fsp3) is 0.174. The third-order valence-electron chi connectivity index (χ3n) is 4.73. The van der Waals surface area contributed by atoms with Gasteiger partial charge < -0.3 is 10.1 Å². The normalized spacial score (nSPS) is 12.5. The number of carbonyl (C=O) groups excluding carboxylic acids is 1. The van der Waals surface area contributed by atoms with Crippen molar-refractivity contribution in [1.82, 2.24) is 19.9 Å². The molecule has 170 valence electrons. The minimum absolute atomic E-state index is 0.0689. The molecule has 1 amide bonds. The maximum Gasteiger partial charge on any atom is 0.433 e. The van der Waals surface area contributed by atoms with Gasteiger partial charge in [-0.15, -0.1) is 0 Å². The molecule has 0 aliphatic carbocycles. The highest BCUT2D eigenvalue weighted by molar-refractivity contribution is 9.10. The molecule has 0 saturated carbocycles. The molecule has 0 saturated heterocycles. The first-order chi connectivity index (χ1) is 15.7. The topological polar surface area (TPSA) is 68.5 Å². The van der Waals surface area contributed by atoms with E-state index >= 15 is 0 Å². The van der Waals surface area contributed by atoms with Gasteiger partial charge in [0.25, 0.3) is 5.91 Å². The fourth-order valence-corrected chi connectivity index (χ4v) is 3.68. The zero-order valence-electron chi connectivity index (χ0n) is 17.3. The first-order valence-corrected chi connectivity index (χ1v) is 10.7. The standard InChI is InChI=1S/C23H18BrF3N4O2/c1-14(13-33-16-10-6-3-7-11-16)28-22(32)20-19(24)21-29-17(15-8-4-2-5-9-15)12-18(23(25,26)27)31(21)30-20/h2-12,14H,13H2,1H3,(H,28,32)/t14-/m1/s1. The van der Waals surface area contributed by atoms with Gasteiger partial charge in [-0.05, 0) is 41.1 Å². The van der Waals surface area contributed by atoms with Crippen molar-refractivity contribution < 1.29 is 22.7 Å². The Morgan fingerprint density at radius 2 is 1.76 bits per heavy atom. The van der Waals surface area contributed by atoms with Gasteiger partial charge in [0.2, 0.25) is 0 Å². The molecule has 0 spiro atoms. The number of hydrogen-bond donors (Lipinski definition) is 1. The van der Waals surface area contributed by atoms with Crippen LogP contribution in [0.1, 0.15) is 23.1 Å². The van der Waals surface area contributed by atoms with Crippen LogP contribution in [-0.2, 0) is 6.18 Å². The highest BCUT2D eigenvalue weighted by atomic mass is 79.9. The molecular weight excluding hydrogens is 501 g/mol. The van der Waals surface area contributed by atoms with Gasteiger partial charge in [0.15, 0.2) is 17.0 Å². The van der Waals surface area contributed by atoms with Crippen molar-refractivity contribution in [2.24, 2.45) is 0 Å². The summed E-state index contributed by atoms with van der Waals surface area (Å²) in [6, 6.07) is 18.0. The summed E-state index contributed by atoms with van der Waals surface area (Å²) in [4.78, 5) is 17.1. The SMILES string of the molecule is C[C@H](COc1ccccc1)NC(=O)c1nn2c(C(F)(F)F)cc(-c3ccccc3)nc2c1Br. The molecular formula is C23H18BrF3N4O2. The Morgan fingerprint density at radius 1 is 1.12 bits per heavy atom. The van der Waals surface area contributed by atoms with Crippen LogP contribution >= 0.6 is 15.9 Å². The lowest BCUT2D eigenvalue weighted by Gasteiger charge is -2.14. The third-order valence-corrected chi connectivity index (χ3v) is 5.46. The predicted octanol–water partition coefficient (Wildman–Crippen LogP) is 5.37. The lowest BCUT2D eigenvalue weighted by Crippen LogP contribution is -2.37. The van der Waals surface area contributed by atoms with Crippen molar-refractivity contribution in [3.8, 4) is 17.0 Å². The van der Waals surface area contributed by atoms with Gasteiger partial charge >= 0.3 is 6.18 Å². The van der Waals surface area contributed by atoms with Crippen LogP contribution in [0.2, 0.25) is 0 Å². The van der Waals surface area contributed by atoms with Crippen LogP contribution in [0.25, 0.3) is 16.9 Å². The lowest BCUT2D eigenvalue weighted by atomic mass is 10.1. The number of nitrogens with zero attached hydrogens (tertiary/aromatic N) is 3. The van der Waals surface area contributed by atoms with Crippen LogP contribution in [0.5, 0.6) is 5.75 Å². The number of benzene rings is 2. The molecule has 1 atom stereocenters. The van der Waals surface area contributed by atoms with Crippen LogP contribution in [0.3, 0.4) is 0 Å². The molecule has 0 radical (unpaired) electrons. The molecule has 33 heavy (non-hydrogen) atoms. The molecule has 2 aromatic heterocycles. The molecule has 2 heterocycles. The van der Waals surface area contributed by atoms with Gasteiger partial charge in [-0.2, -0.15) is 18.3 Å². The molecule has 4 aromatic rings. The Hall–Kier alpha value is -3.40. The maximum atomic E-state index is 13.8. The highest BCUT2D eigenvalue weighted by Crippen LogP contribution is 2.34. The van der Waals surface area contributed by atoms with Gasteiger partial charge in [0, 0.05) is 5.56 Å². The smallest absolute Gasteiger partial charge is 0.433 e. The molecule has 2 aromatic carbocycles. The van der Waals surface area contributed by atoms with E-state index in [9.17, 15) is 18.0 Å². The van der Waals surface area contributed by atoms with E-state index < -0.39 is 23.8 Å². The molecule has 0 fully saturated rings. The number of aromatic nitrogens is 3. The van der Waals surface area contributed by atoms with E-state index in [1.54, 1.807) is 49.4 Å². The Kier molecular flexibility index (Phi) is 6.37. The molecule has 4 rings (SSSR count). The Balaban J connectivity index is 1.64. The van der Waals surface area contributed by atoms with Crippen LogP contribution in [0.4, 0.5) is 13.2 Å². The summed E-state index contributed by atoms with van der Waals surface area (Å²) in [6.07, 6.45) is -4.71. The van der Waals surface area contributed by atoms with E-state index in [0.29, 0.717) is 15.8 Å². The summed E-state index contributed by atoms with van der Waals surface area (Å²) < 4.78 is 47.7. The van der Waals surface area contributed by atoms with E-state index in [1.165, 1.54) is 0 Å². The van der Waals surface area contributed by atoms with Crippen molar-refractivity contribution in [1.29, 1.82) is 0 Å². The van der Waals surface area contributed by atoms with E-state index in [1.807, 2.05) is 18.2 Å². The van der Waals surface area contributed by atoms with E-state index in [0.717, 1.165) is 6.07 Å². The summed E-state index contributed by atoms with van der Waals surface area (Å²) in [6.45, 7) is 1.89. The number of fused-ring (bicyclic) bond motifs is 1. The minimum Gasteiger partial charge on any atom is -0.491 e. The number of nitrogens with one attached hydrogen (secondary N) is 1. The number of para-hydroxylation sites is 1. The molecule has 6 nitrogen and oxygen atoms in total.